The van der Waals surface area contributed by atoms with Gasteiger partial charge in [0.2, 0.25) is 5.91 Å². The van der Waals surface area contributed by atoms with Gasteiger partial charge in [-0.1, -0.05) is 41.7 Å². The van der Waals surface area contributed by atoms with Crippen molar-refractivity contribution in [2.75, 3.05) is 18.1 Å². The number of amidine groups is 1. The van der Waals surface area contributed by atoms with Gasteiger partial charge in [0.1, 0.15) is 12.4 Å². The molecule has 1 aliphatic rings. The number of aromatic nitrogens is 3. The van der Waals surface area contributed by atoms with E-state index in [1.165, 1.54) is 11.8 Å². The van der Waals surface area contributed by atoms with Crippen LogP contribution in [-0.2, 0) is 11.4 Å². The summed E-state index contributed by atoms with van der Waals surface area (Å²) in [6.07, 6.45) is 0. The molecule has 0 atom stereocenters. The van der Waals surface area contributed by atoms with Crippen molar-refractivity contribution in [1.29, 1.82) is 0 Å². The maximum absolute atomic E-state index is 12.1. The highest BCUT2D eigenvalue weighted by Gasteiger charge is 2.18. The highest BCUT2D eigenvalue weighted by molar-refractivity contribution is 8.14. The molecule has 150 valence electrons. The van der Waals surface area contributed by atoms with Crippen LogP contribution in [0.5, 0.6) is 5.75 Å². The summed E-state index contributed by atoms with van der Waals surface area (Å²) in [4.78, 5) is 16.4. The number of thioether (sulfide) groups is 2. The highest BCUT2D eigenvalue weighted by atomic mass is 32.2. The molecule has 0 fully saturated rings. The van der Waals surface area contributed by atoms with Gasteiger partial charge < -0.3 is 14.6 Å². The molecule has 1 aromatic heterocycles. The molecule has 1 aromatic carbocycles. The van der Waals surface area contributed by atoms with Gasteiger partial charge in [-0.25, -0.2) is 0 Å². The number of benzene rings is 1. The lowest BCUT2D eigenvalue weighted by Gasteiger charge is -2.15. The molecule has 0 bridgehead atoms. The first-order valence-electron chi connectivity index (χ1n) is 9.18. The van der Waals surface area contributed by atoms with E-state index in [4.69, 9.17) is 4.74 Å². The lowest BCUT2D eigenvalue weighted by molar-refractivity contribution is -0.117. The summed E-state index contributed by atoms with van der Waals surface area (Å²) in [6, 6.07) is 6.24. The predicted molar refractivity (Wildman–Crippen MR) is 114 cm³/mol. The van der Waals surface area contributed by atoms with E-state index < -0.39 is 0 Å². The lowest BCUT2D eigenvalue weighted by Crippen LogP contribution is -2.29. The Kier molecular flexibility index (Phi) is 7.01. The van der Waals surface area contributed by atoms with Crippen molar-refractivity contribution in [2.45, 2.75) is 45.5 Å². The Bertz CT molecular complexity index is 859. The lowest BCUT2D eigenvalue weighted by atomic mass is 10.1. The van der Waals surface area contributed by atoms with Crippen molar-refractivity contribution < 1.29 is 9.53 Å². The fourth-order valence-corrected chi connectivity index (χ4v) is 4.51. The highest BCUT2D eigenvalue weighted by Crippen LogP contribution is 2.26. The summed E-state index contributed by atoms with van der Waals surface area (Å²) in [6.45, 7) is 9.29. The van der Waals surface area contributed by atoms with Gasteiger partial charge in [-0.15, -0.1) is 10.2 Å². The molecule has 1 aliphatic heterocycles. The van der Waals surface area contributed by atoms with Crippen LogP contribution in [0.3, 0.4) is 0 Å². The standard InChI is InChI=1S/C19H25N5O2S2/c1-12(2)24-15(10-26-17-13(3)6-5-7-14(17)4)22-23-19(24)28-11-16(25)21-18-20-8-9-27-18/h5-7,12H,8-11H2,1-4H3,(H,20,21,25). The smallest absolute Gasteiger partial charge is 0.236 e. The molecule has 1 amide bonds. The number of carbonyl (C=O) groups is 1. The monoisotopic (exact) mass is 419 g/mol. The quantitative estimate of drug-likeness (QED) is 0.693. The Hall–Kier alpha value is -2.00. The minimum Gasteiger partial charge on any atom is -0.485 e. The second-order valence-electron chi connectivity index (χ2n) is 6.74. The third kappa shape index (κ3) is 5.08. The molecule has 0 spiro atoms. The van der Waals surface area contributed by atoms with Crippen molar-refractivity contribution in [3.8, 4) is 5.75 Å². The summed E-state index contributed by atoms with van der Waals surface area (Å²) in [5, 5.41) is 12.8. The molecule has 7 nitrogen and oxygen atoms in total. The molecule has 0 saturated carbocycles. The first-order valence-corrected chi connectivity index (χ1v) is 11.2. The zero-order valence-electron chi connectivity index (χ0n) is 16.6. The molecule has 9 heteroatoms. The van der Waals surface area contributed by atoms with Crippen molar-refractivity contribution >= 4 is 34.6 Å². The fraction of sp³-hybridized carbons (Fsp3) is 0.474. The zero-order valence-corrected chi connectivity index (χ0v) is 18.2. The van der Waals surface area contributed by atoms with Gasteiger partial charge in [-0.2, -0.15) is 0 Å². The number of aliphatic imine (C=N–C) groups is 1. The third-order valence-electron chi connectivity index (χ3n) is 4.17. The molecule has 1 N–H and O–H groups in total. The molecular formula is C19H25N5O2S2. The number of hydrogen-bond acceptors (Lipinski definition) is 7. The maximum Gasteiger partial charge on any atom is 0.236 e. The second-order valence-corrected chi connectivity index (χ2v) is 8.77. The normalized spacial score (nSPS) is 13.7. The zero-order chi connectivity index (χ0) is 20.1. The first kappa shape index (κ1) is 20.7. The average Bonchev–Trinajstić information content (AvgIpc) is 3.29. The number of aryl methyl sites for hydroxylation is 2. The Labute approximate surface area is 173 Å². The van der Waals surface area contributed by atoms with E-state index >= 15 is 0 Å². The summed E-state index contributed by atoms with van der Waals surface area (Å²) in [5.41, 5.74) is 2.18. The van der Waals surface area contributed by atoms with E-state index in [1.54, 1.807) is 11.8 Å². The van der Waals surface area contributed by atoms with E-state index in [0.717, 1.165) is 35.0 Å². The van der Waals surface area contributed by atoms with Crippen molar-refractivity contribution in [3.05, 3.63) is 35.2 Å². The molecule has 0 unspecified atom stereocenters. The molecule has 28 heavy (non-hydrogen) atoms. The summed E-state index contributed by atoms with van der Waals surface area (Å²) in [7, 11) is 0. The second kappa shape index (κ2) is 9.47. The molecular weight excluding hydrogens is 394 g/mol. The van der Waals surface area contributed by atoms with E-state index in [0.29, 0.717) is 16.9 Å². The van der Waals surface area contributed by atoms with Crippen LogP contribution >= 0.6 is 23.5 Å². The van der Waals surface area contributed by atoms with Crippen LogP contribution in [-0.4, -0.2) is 43.9 Å². The minimum atomic E-state index is -0.0789. The van der Waals surface area contributed by atoms with Gasteiger partial charge in [0.05, 0.1) is 12.3 Å². The summed E-state index contributed by atoms with van der Waals surface area (Å²) < 4.78 is 8.06. The predicted octanol–water partition coefficient (Wildman–Crippen LogP) is 3.37. The number of ether oxygens (including phenoxy) is 1. The Morgan fingerprint density at radius 2 is 2.07 bits per heavy atom. The van der Waals surface area contributed by atoms with Gasteiger partial charge in [-0.05, 0) is 38.8 Å². The van der Waals surface area contributed by atoms with Crippen LogP contribution < -0.4 is 10.1 Å². The summed E-state index contributed by atoms with van der Waals surface area (Å²) in [5.74, 6) is 2.74. The van der Waals surface area contributed by atoms with Crippen LogP contribution in [0, 0.1) is 13.8 Å². The van der Waals surface area contributed by atoms with Crippen LogP contribution in [0.15, 0.2) is 28.3 Å². The van der Waals surface area contributed by atoms with Gasteiger partial charge in [0, 0.05) is 11.8 Å². The number of rotatable bonds is 7. The number of para-hydroxylation sites is 1. The SMILES string of the molecule is Cc1cccc(C)c1OCc1nnc(SCC(=O)NC2=NCCS2)n1C(C)C. The Morgan fingerprint density at radius 3 is 2.71 bits per heavy atom. The number of nitrogens with one attached hydrogen (secondary N) is 1. The van der Waals surface area contributed by atoms with Crippen molar-refractivity contribution in [2.24, 2.45) is 4.99 Å². The number of nitrogens with zero attached hydrogens (tertiary/aromatic N) is 4. The van der Waals surface area contributed by atoms with Crippen molar-refractivity contribution in [3.63, 3.8) is 0 Å². The molecule has 0 radical (unpaired) electrons. The fourth-order valence-electron chi connectivity index (χ4n) is 2.88. The minimum absolute atomic E-state index is 0.0789. The molecule has 2 aromatic rings. The van der Waals surface area contributed by atoms with Crippen molar-refractivity contribution in [1.82, 2.24) is 20.1 Å². The molecule has 3 rings (SSSR count). The van der Waals surface area contributed by atoms with Crippen LogP contribution in [0.1, 0.15) is 36.8 Å². The number of hydrogen-bond donors (Lipinski definition) is 1. The summed E-state index contributed by atoms with van der Waals surface area (Å²) >= 11 is 2.94. The Morgan fingerprint density at radius 1 is 1.32 bits per heavy atom. The largest absolute Gasteiger partial charge is 0.485 e. The number of carbonyl (C=O) groups excluding carboxylic acids is 1. The molecule has 0 aliphatic carbocycles. The van der Waals surface area contributed by atoms with Gasteiger partial charge in [0.15, 0.2) is 16.1 Å². The maximum atomic E-state index is 12.1. The number of amides is 1. The molecule has 2 heterocycles. The Balaban J connectivity index is 1.65. The third-order valence-corrected chi connectivity index (χ3v) is 6.00. The van der Waals surface area contributed by atoms with Crippen LogP contribution in [0.2, 0.25) is 0 Å². The van der Waals surface area contributed by atoms with Gasteiger partial charge in [-0.3, -0.25) is 9.79 Å². The van der Waals surface area contributed by atoms with E-state index in [-0.39, 0.29) is 17.7 Å². The van der Waals surface area contributed by atoms with Gasteiger partial charge >= 0.3 is 0 Å². The van der Waals surface area contributed by atoms with Gasteiger partial charge in [0.25, 0.3) is 0 Å². The average molecular weight is 420 g/mol. The molecule has 0 saturated heterocycles. The first-order chi connectivity index (χ1) is 13.5. The van der Waals surface area contributed by atoms with Crippen LogP contribution in [0.25, 0.3) is 0 Å². The van der Waals surface area contributed by atoms with Crippen LogP contribution in [0.4, 0.5) is 0 Å². The topological polar surface area (TPSA) is 81.4 Å². The van der Waals surface area contributed by atoms with E-state index in [2.05, 4.69) is 34.4 Å². The van der Waals surface area contributed by atoms with E-state index in [9.17, 15) is 4.79 Å². The van der Waals surface area contributed by atoms with E-state index in [1.807, 2.05) is 36.6 Å².